The number of aliphatic hydroxyl groups excluding tert-OH is 2. The molecular formula is C30H62O2Sn2. The molecule has 0 aliphatic rings. The van der Waals surface area contributed by atoms with Crippen LogP contribution >= 0.6 is 0 Å². The van der Waals surface area contributed by atoms with Crippen molar-refractivity contribution < 1.29 is 10.2 Å². The van der Waals surface area contributed by atoms with E-state index in [1.54, 1.807) is 0 Å². The van der Waals surface area contributed by atoms with Gasteiger partial charge in [0, 0.05) is 0 Å². The van der Waals surface area contributed by atoms with Crippen LogP contribution in [-0.2, 0) is 0 Å². The Hall–Kier alpha value is 0.997. The van der Waals surface area contributed by atoms with E-state index in [4.69, 9.17) is 0 Å². The van der Waals surface area contributed by atoms with Crippen molar-refractivity contribution in [2.24, 2.45) is 0 Å². The second-order valence-electron chi connectivity index (χ2n) is 11.0. The van der Waals surface area contributed by atoms with Gasteiger partial charge in [-0.25, -0.2) is 0 Å². The molecule has 2 N–H and O–H groups in total. The van der Waals surface area contributed by atoms with Crippen molar-refractivity contribution in [2.75, 3.05) is 0 Å². The van der Waals surface area contributed by atoms with E-state index in [-0.39, 0.29) is 0 Å². The van der Waals surface area contributed by atoms with E-state index in [2.05, 4.69) is 49.7 Å². The zero-order valence-electron chi connectivity index (χ0n) is 24.1. The van der Waals surface area contributed by atoms with Crippen LogP contribution in [-0.4, -0.2) is 59.2 Å². The Morgan fingerprint density at radius 3 is 0.824 bits per heavy atom. The predicted octanol–water partition coefficient (Wildman–Crippen LogP) is 9.60. The Morgan fingerprint density at radius 2 is 0.647 bits per heavy atom. The Balaban J connectivity index is 5.60. The van der Waals surface area contributed by atoms with Crippen LogP contribution in [0.4, 0.5) is 0 Å². The molecule has 0 aromatic carbocycles. The monoisotopic (exact) mass is 694 g/mol. The molecule has 0 aromatic heterocycles. The Kier molecular flexibility index (Phi) is 22.7. The second kappa shape index (κ2) is 22.0. The quantitative estimate of drug-likeness (QED) is 0.105. The van der Waals surface area contributed by atoms with Gasteiger partial charge in [-0.2, -0.15) is 0 Å². The van der Waals surface area contributed by atoms with E-state index in [0.717, 1.165) is 0 Å². The SMILES string of the molecule is CCC[CH2][Sn](/[CH]=C/[C@H](O)[C@@H](O)/C=[CH]/[Sn]([CH2]CCC)([CH2]CCC)[CH2]CCC)([CH2]CCC)[CH2]CCC. The first kappa shape index (κ1) is 35.0. The van der Waals surface area contributed by atoms with Crippen molar-refractivity contribution in [1.82, 2.24) is 0 Å². The summed E-state index contributed by atoms with van der Waals surface area (Å²) in [6.07, 6.45) is 18.1. The first-order valence-corrected chi connectivity index (χ1v) is 30.5. The average Bonchev–Trinajstić information content (AvgIpc) is 2.86. The van der Waals surface area contributed by atoms with Crippen LogP contribution in [0.1, 0.15) is 119 Å². The number of hydrogen-bond donors (Lipinski definition) is 2. The van der Waals surface area contributed by atoms with Crippen LogP contribution in [0.2, 0.25) is 26.6 Å². The minimum absolute atomic E-state index is 0.746. The van der Waals surface area contributed by atoms with E-state index >= 15 is 0 Å². The van der Waals surface area contributed by atoms with Gasteiger partial charge in [0.25, 0.3) is 0 Å². The summed E-state index contributed by atoms with van der Waals surface area (Å²) in [6, 6.07) is 0. The molecule has 0 fully saturated rings. The molecule has 0 aliphatic heterocycles. The zero-order chi connectivity index (χ0) is 25.7. The third-order valence-corrected chi connectivity index (χ3v) is 36.1. The molecule has 0 aromatic rings. The summed E-state index contributed by atoms with van der Waals surface area (Å²) in [5, 5.41) is 21.9. The molecule has 0 bridgehead atoms. The van der Waals surface area contributed by atoms with Crippen LogP contribution in [0.5, 0.6) is 0 Å². The van der Waals surface area contributed by atoms with Gasteiger partial charge in [0.2, 0.25) is 0 Å². The van der Waals surface area contributed by atoms with E-state index in [1.807, 2.05) is 12.2 Å². The van der Waals surface area contributed by atoms with E-state index in [0.29, 0.717) is 0 Å². The fourth-order valence-corrected chi connectivity index (χ4v) is 34.0. The van der Waals surface area contributed by atoms with Crippen molar-refractivity contribution >= 4 is 36.8 Å². The van der Waals surface area contributed by atoms with E-state index < -0.39 is 49.0 Å². The molecule has 0 aliphatic carbocycles. The van der Waals surface area contributed by atoms with Crippen LogP contribution < -0.4 is 0 Å². The number of hydrogen-bond acceptors (Lipinski definition) is 2. The van der Waals surface area contributed by atoms with Crippen LogP contribution in [0.25, 0.3) is 0 Å². The Bertz CT molecular complexity index is 428. The molecule has 0 unspecified atom stereocenters. The van der Waals surface area contributed by atoms with Gasteiger partial charge in [-0.15, -0.1) is 0 Å². The molecule has 4 heteroatoms. The molecule has 34 heavy (non-hydrogen) atoms. The van der Waals surface area contributed by atoms with Gasteiger partial charge in [-0.1, -0.05) is 0 Å². The molecule has 202 valence electrons. The topological polar surface area (TPSA) is 40.5 Å². The molecule has 0 rings (SSSR count). The standard InChI is InChI=1S/C6H8O2.6C4H9.2Sn/c1-3-5(7)6(8)4-2;6*1-3-4-2;;/h1-8H;6*1,3-4H2,2H3;;/t5-,6-;;;;;;;;/m0......../s1. The fourth-order valence-electron chi connectivity index (χ4n) is 5.26. The number of aliphatic hydroxyl groups is 2. The number of unbranched alkanes of at least 4 members (excludes halogenated alkanes) is 6. The summed E-state index contributed by atoms with van der Waals surface area (Å²) in [6.45, 7) is 13.8. The maximum absolute atomic E-state index is 11.0. The molecule has 0 spiro atoms. The maximum atomic E-state index is 11.0. The van der Waals surface area contributed by atoms with Gasteiger partial charge in [0.15, 0.2) is 0 Å². The predicted molar refractivity (Wildman–Crippen MR) is 160 cm³/mol. The van der Waals surface area contributed by atoms with E-state index in [9.17, 15) is 10.2 Å². The zero-order valence-corrected chi connectivity index (χ0v) is 29.8. The molecule has 0 saturated heterocycles. The number of rotatable bonds is 23. The molecule has 2 atom stereocenters. The first-order valence-electron chi connectivity index (χ1n) is 15.1. The van der Waals surface area contributed by atoms with Gasteiger partial charge in [0.1, 0.15) is 0 Å². The van der Waals surface area contributed by atoms with Crippen LogP contribution in [0, 0.1) is 0 Å². The van der Waals surface area contributed by atoms with Crippen molar-refractivity contribution in [3.63, 3.8) is 0 Å². The van der Waals surface area contributed by atoms with Crippen LogP contribution in [0.3, 0.4) is 0 Å². The fraction of sp³-hybridized carbons (Fsp3) is 0.867. The summed E-state index contributed by atoms with van der Waals surface area (Å²) in [4.78, 5) is 0. The van der Waals surface area contributed by atoms with Gasteiger partial charge in [-0.05, 0) is 0 Å². The van der Waals surface area contributed by atoms with Gasteiger partial charge < -0.3 is 0 Å². The van der Waals surface area contributed by atoms with Gasteiger partial charge in [-0.3, -0.25) is 0 Å². The molecular weight excluding hydrogens is 630 g/mol. The molecule has 2 nitrogen and oxygen atoms in total. The summed E-state index contributed by atoms with van der Waals surface area (Å²) < 4.78 is 13.5. The van der Waals surface area contributed by atoms with E-state index in [1.165, 1.54) is 104 Å². The molecule has 0 saturated carbocycles. The summed E-state index contributed by atoms with van der Waals surface area (Å²) in [7, 11) is 0. The van der Waals surface area contributed by atoms with Crippen molar-refractivity contribution in [3.05, 3.63) is 20.3 Å². The average molecular weight is 692 g/mol. The molecule has 0 heterocycles. The normalized spacial score (nSPS) is 14.9. The Labute approximate surface area is 223 Å². The van der Waals surface area contributed by atoms with Gasteiger partial charge in [0.05, 0.1) is 0 Å². The third kappa shape index (κ3) is 15.3. The Morgan fingerprint density at radius 1 is 0.441 bits per heavy atom. The minimum atomic E-state index is -2.42. The first-order chi connectivity index (χ1) is 16.4. The summed E-state index contributed by atoms with van der Waals surface area (Å²) in [5.74, 6) is 0. The van der Waals surface area contributed by atoms with Crippen molar-refractivity contribution in [3.8, 4) is 0 Å². The van der Waals surface area contributed by atoms with Crippen molar-refractivity contribution in [1.29, 1.82) is 0 Å². The van der Waals surface area contributed by atoms with Gasteiger partial charge >= 0.3 is 225 Å². The second-order valence-corrected chi connectivity index (χ2v) is 37.1. The third-order valence-electron chi connectivity index (χ3n) is 7.81. The molecule has 0 amide bonds. The summed E-state index contributed by atoms with van der Waals surface area (Å²) in [5.41, 5.74) is 0. The summed E-state index contributed by atoms with van der Waals surface area (Å²) >= 11 is -4.85. The molecule has 0 radical (unpaired) electrons. The van der Waals surface area contributed by atoms with Crippen LogP contribution in [0.15, 0.2) is 20.3 Å². The van der Waals surface area contributed by atoms with Crippen molar-refractivity contribution in [2.45, 2.75) is 157 Å².